The van der Waals surface area contributed by atoms with Gasteiger partial charge in [0.05, 0.1) is 11.3 Å². The van der Waals surface area contributed by atoms with Gasteiger partial charge in [0.1, 0.15) is 17.4 Å². The largest absolute Gasteiger partial charge is 0.411 e. The Morgan fingerprint density at radius 3 is 2.53 bits per heavy atom. The van der Waals surface area contributed by atoms with Crippen LogP contribution in [-0.4, -0.2) is 16.7 Å². The minimum absolute atomic E-state index is 0.0115. The summed E-state index contributed by atoms with van der Waals surface area (Å²) in [5.74, 6) is -0.0289. The van der Waals surface area contributed by atoms with Crippen molar-refractivity contribution in [2.75, 3.05) is 11.1 Å². The third-order valence-electron chi connectivity index (χ3n) is 2.70. The molecule has 1 heterocycles. The molecule has 3 N–H and O–H groups in total. The number of rotatable bonds is 2. The Balaban J connectivity index is 2.24. The Kier molecular flexibility index (Phi) is 2.38. The highest BCUT2D eigenvalue weighted by Crippen LogP contribution is 2.51. The van der Waals surface area contributed by atoms with E-state index >= 15 is 0 Å². The van der Waals surface area contributed by atoms with E-state index in [-0.39, 0.29) is 29.9 Å². The molecule has 1 aliphatic carbocycles. The molecule has 0 radical (unpaired) electrons. The Morgan fingerprint density at radius 2 is 2.12 bits per heavy atom. The van der Waals surface area contributed by atoms with Gasteiger partial charge in [-0.15, -0.1) is 0 Å². The first-order chi connectivity index (χ1) is 7.88. The minimum atomic E-state index is -4.32. The number of nitrogens with two attached hydrogens (primary N) is 1. The van der Waals surface area contributed by atoms with Gasteiger partial charge in [0.15, 0.2) is 0 Å². The number of aromatic nitrogens is 1. The first-order valence-electron chi connectivity index (χ1n) is 4.88. The molecule has 0 bridgehead atoms. The molecule has 0 atom stereocenters. The van der Waals surface area contributed by atoms with Gasteiger partial charge in [0, 0.05) is 6.20 Å². The van der Waals surface area contributed by atoms with Crippen LogP contribution in [0.25, 0.3) is 0 Å². The van der Waals surface area contributed by atoms with Crippen molar-refractivity contribution < 1.29 is 13.2 Å². The molecule has 1 aliphatic rings. The lowest BCUT2D eigenvalue weighted by Gasteiger charge is -2.21. The molecule has 0 spiro atoms. The molecule has 1 aromatic rings. The predicted molar refractivity (Wildman–Crippen MR) is 55.0 cm³/mol. The molecule has 7 heteroatoms. The van der Waals surface area contributed by atoms with Gasteiger partial charge in [-0.3, -0.25) is 0 Å². The third-order valence-corrected chi connectivity index (χ3v) is 2.70. The molecule has 1 saturated carbocycles. The van der Waals surface area contributed by atoms with E-state index < -0.39 is 11.7 Å². The van der Waals surface area contributed by atoms with Crippen molar-refractivity contribution in [3.63, 3.8) is 0 Å². The van der Waals surface area contributed by atoms with E-state index in [9.17, 15) is 13.2 Å². The van der Waals surface area contributed by atoms with Crippen molar-refractivity contribution in [1.82, 2.24) is 4.98 Å². The molecule has 4 nitrogen and oxygen atoms in total. The summed E-state index contributed by atoms with van der Waals surface area (Å²) in [4.78, 5) is 3.73. The summed E-state index contributed by atoms with van der Waals surface area (Å²) in [5, 5.41) is 10.9. The van der Waals surface area contributed by atoms with E-state index in [1.807, 2.05) is 6.07 Å². The van der Waals surface area contributed by atoms with Crippen molar-refractivity contribution in [2.24, 2.45) is 0 Å². The van der Waals surface area contributed by atoms with Crippen LogP contribution in [0.3, 0.4) is 0 Å². The molecule has 2 rings (SSSR count). The molecule has 90 valence electrons. The van der Waals surface area contributed by atoms with Gasteiger partial charge in [0.25, 0.3) is 0 Å². The average molecular weight is 242 g/mol. The molecule has 17 heavy (non-hydrogen) atoms. The standard InChI is InChI=1S/C10H9F3N4/c11-10(12,13)9(1-2-9)17-8-7(15)3-6(4-14)5-16-8/h3,5H,1-2,15H2,(H,16,17). The van der Waals surface area contributed by atoms with Gasteiger partial charge < -0.3 is 11.1 Å². The van der Waals surface area contributed by atoms with Crippen molar-refractivity contribution in [3.05, 3.63) is 17.8 Å². The lowest BCUT2D eigenvalue weighted by molar-refractivity contribution is -0.151. The van der Waals surface area contributed by atoms with Crippen molar-refractivity contribution in [3.8, 4) is 6.07 Å². The van der Waals surface area contributed by atoms with Crippen LogP contribution in [0.4, 0.5) is 24.7 Å². The van der Waals surface area contributed by atoms with Crippen LogP contribution in [0, 0.1) is 11.3 Å². The van der Waals surface area contributed by atoms with Gasteiger partial charge in [-0.25, -0.2) is 4.98 Å². The normalized spacial score (nSPS) is 17.3. The molecule has 0 unspecified atom stereocenters. The number of nitrogens with one attached hydrogen (secondary N) is 1. The number of nitriles is 1. The zero-order chi connectivity index (χ0) is 12.7. The molecule has 1 aromatic heterocycles. The van der Waals surface area contributed by atoms with Crippen molar-refractivity contribution >= 4 is 11.5 Å². The number of nitrogens with zero attached hydrogens (tertiary/aromatic N) is 2. The number of alkyl halides is 3. The smallest absolute Gasteiger partial charge is 0.396 e. The van der Waals surface area contributed by atoms with Crippen molar-refractivity contribution in [1.29, 1.82) is 5.26 Å². The summed E-state index contributed by atoms with van der Waals surface area (Å²) in [5.41, 5.74) is 3.89. The zero-order valence-electron chi connectivity index (χ0n) is 8.67. The topological polar surface area (TPSA) is 74.7 Å². The lowest BCUT2D eigenvalue weighted by Crippen LogP contribution is -2.39. The number of pyridine rings is 1. The van der Waals surface area contributed by atoms with E-state index in [4.69, 9.17) is 11.0 Å². The maximum absolute atomic E-state index is 12.7. The van der Waals surface area contributed by atoms with Crippen LogP contribution < -0.4 is 11.1 Å². The van der Waals surface area contributed by atoms with Gasteiger partial charge in [-0.1, -0.05) is 0 Å². The number of halogens is 3. The lowest BCUT2D eigenvalue weighted by atomic mass is 10.2. The second-order valence-electron chi connectivity index (χ2n) is 3.98. The first kappa shape index (κ1) is 11.5. The fraction of sp³-hybridized carbons (Fsp3) is 0.400. The zero-order valence-corrected chi connectivity index (χ0v) is 8.67. The van der Waals surface area contributed by atoms with E-state index in [0.29, 0.717) is 0 Å². The van der Waals surface area contributed by atoms with E-state index in [1.165, 1.54) is 12.3 Å². The van der Waals surface area contributed by atoms with E-state index in [2.05, 4.69) is 10.3 Å². The Morgan fingerprint density at radius 1 is 1.47 bits per heavy atom. The molecular weight excluding hydrogens is 233 g/mol. The molecule has 1 fully saturated rings. The highest BCUT2D eigenvalue weighted by Gasteiger charge is 2.63. The van der Waals surface area contributed by atoms with Gasteiger partial charge in [-0.05, 0) is 18.9 Å². The fourth-order valence-corrected chi connectivity index (χ4v) is 1.48. The van der Waals surface area contributed by atoms with Gasteiger partial charge in [0.2, 0.25) is 0 Å². The maximum Gasteiger partial charge on any atom is 0.411 e. The second kappa shape index (κ2) is 3.52. The number of hydrogen-bond acceptors (Lipinski definition) is 4. The number of nitrogen functional groups attached to an aromatic ring is 1. The quantitative estimate of drug-likeness (QED) is 0.832. The van der Waals surface area contributed by atoms with Crippen molar-refractivity contribution in [2.45, 2.75) is 24.6 Å². The first-order valence-corrected chi connectivity index (χ1v) is 4.88. The summed E-state index contributed by atoms with van der Waals surface area (Å²) >= 11 is 0. The summed E-state index contributed by atoms with van der Waals surface area (Å²) in [6, 6.07) is 3.10. The van der Waals surface area contributed by atoms with E-state index in [0.717, 1.165) is 0 Å². The summed E-state index contributed by atoms with van der Waals surface area (Å²) < 4.78 is 38.0. The summed E-state index contributed by atoms with van der Waals surface area (Å²) in [6.07, 6.45) is -3.12. The van der Waals surface area contributed by atoms with Gasteiger partial charge in [-0.2, -0.15) is 18.4 Å². The average Bonchev–Trinajstić information content (AvgIpc) is 3.01. The molecule has 0 saturated heterocycles. The SMILES string of the molecule is N#Cc1cnc(NC2(C(F)(F)F)CC2)c(N)c1. The van der Waals surface area contributed by atoms with Crippen LogP contribution in [0.1, 0.15) is 18.4 Å². The predicted octanol–water partition coefficient (Wildman–Crippen LogP) is 2.04. The number of hydrogen-bond donors (Lipinski definition) is 2. The number of anilines is 2. The highest BCUT2D eigenvalue weighted by atomic mass is 19.4. The summed E-state index contributed by atoms with van der Waals surface area (Å²) in [6.45, 7) is 0. The molecule has 0 aromatic carbocycles. The molecule has 0 amide bonds. The fourth-order valence-electron chi connectivity index (χ4n) is 1.48. The Labute approximate surface area is 95.2 Å². The highest BCUT2D eigenvalue weighted by molar-refractivity contribution is 5.64. The van der Waals surface area contributed by atoms with Crippen LogP contribution in [0.5, 0.6) is 0 Å². The van der Waals surface area contributed by atoms with Crippen LogP contribution in [-0.2, 0) is 0 Å². The van der Waals surface area contributed by atoms with Crippen LogP contribution in [0.15, 0.2) is 12.3 Å². The summed E-state index contributed by atoms with van der Waals surface area (Å²) in [7, 11) is 0. The monoisotopic (exact) mass is 242 g/mol. The maximum atomic E-state index is 12.7. The Bertz CT molecular complexity index is 485. The van der Waals surface area contributed by atoms with E-state index in [1.54, 1.807) is 0 Å². The molecule has 0 aliphatic heterocycles. The molecular formula is C10H9F3N4. The van der Waals surface area contributed by atoms with Crippen LogP contribution >= 0.6 is 0 Å². The Hall–Kier alpha value is -1.97. The third kappa shape index (κ3) is 1.98. The van der Waals surface area contributed by atoms with Gasteiger partial charge >= 0.3 is 6.18 Å². The van der Waals surface area contributed by atoms with Crippen LogP contribution in [0.2, 0.25) is 0 Å². The minimum Gasteiger partial charge on any atom is -0.396 e. The second-order valence-corrected chi connectivity index (χ2v) is 3.98.